The van der Waals surface area contributed by atoms with Gasteiger partial charge in [0.15, 0.2) is 11.5 Å². The molecule has 1 atom stereocenters. The highest BCUT2D eigenvalue weighted by atomic mass is 35.5. The monoisotopic (exact) mass is 534 g/mol. The predicted molar refractivity (Wildman–Crippen MR) is 148 cm³/mol. The van der Waals surface area contributed by atoms with Crippen molar-refractivity contribution in [1.82, 2.24) is 14.7 Å². The quantitative estimate of drug-likeness (QED) is 0.226. The zero-order chi connectivity index (χ0) is 27.1. The van der Waals surface area contributed by atoms with Gasteiger partial charge in [-0.1, -0.05) is 48.9 Å². The van der Waals surface area contributed by atoms with Gasteiger partial charge in [-0.2, -0.15) is 0 Å². The summed E-state index contributed by atoms with van der Waals surface area (Å²) in [6, 6.07) is 17.6. The number of fused-ring (bicyclic) bond motifs is 1. The van der Waals surface area contributed by atoms with Crippen LogP contribution in [0.15, 0.2) is 60.8 Å². The molecule has 0 aliphatic rings. The Labute approximate surface area is 228 Å². The van der Waals surface area contributed by atoms with E-state index in [1.807, 2.05) is 60.8 Å². The molecule has 2 aromatic carbocycles. The molecule has 0 spiro atoms. The summed E-state index contributed by atoms with van der Waals surface area (Å²) in [5, 5.41) is 4.92. The minimum Gasteiger partial charge on any atom is -0.496 e. The van der Waals surface area contributed by atoms with E-state index in [1.54, 1.807) is 21.3 Å². The number of carbonyl (C=O) groups excluding carboxylic acids is 1. The molecule has 7 nitrogen and oxygen atoms in total. The number of amides is 1. The van der Waals surface area contributed by atoms with Crippen LogP contribution in [0.5, 0.6) is 17.2 Å². The minimum atomic E-state index is -0.129. The molecule has 0 aliphatic carbocycles. The molecule has 4 rings (SSSR count). The lowest BCUT2D eigenvalue weighted by atomic mass is 9.96. The third-order valence-corrected chi connectivity index (χ3v) is 7.07. The van der Waals surface area contributed by atoms with E-state index >= 15 is 0 Å². The van der Waals surface area contributed by atoms with E-state index in [9.17, 15) is 4.79 Å². The zero-order valence-corrected chi connectivity index (χ0v) is 23.0. The number of hydrogen-bond acceptors (Lipinski definition) is 5. The number of halogens is 1. The Morgan fingerprint density at radius 2 is 1.74 bits per heavy atom. The number of aromatic nitrogens is 2. The lowest BCUT2D eigenvalue weighted by molar-refractivity contribution is -0.121. The van der Waals surface area contributed by atoms with Gasteiger partial charge in [-0.25, -0.2) is 10.3 Å². The van der Waals surface area contributed by atoms with Crippen molar-refractivity contribution in [2.24, 2.45) is 5.92 Å². The van der Waals surface area contributed by atoms with Crippen LogP contribution in [0.25, 0.3) is 5.65 Å². The molecular weight excluding hydrogens is 502 g/mol. The summed E-state index contributed by atoms with van der Waals surface area (Å²) in [6.45, 7) is 2.34. The van der Waals surface area contributed by atoms with Gasteiger partial charge in [-0.3, -0.25) is 4.79 Å². The van der Waals surface area contributed by atoms with Gasteiger partial charge in [-0.05, 0) is 48.6 Å². The van der Waals surface area contributed by atoms with Gasteiger partial charge in [0, 0.05) is 24.6 Å². The second kappa shape index (κ2) is 12.7. The van der Waals surface area contributed by atoms with Crippen LogP contribution in [-0.2, 0) is 24.2 Å². The van der Waals surface area contributed by atoms with Crippen molar-refractivity contribution in [3.63, 3.8) is 0 Å². The lowest BCUT2D eigenvalue weighted by Crippen LogP contribution is -2.17. The van der Waals surface area contributed by atoms with Crippen LogP contribution in [-0.4, -0.2) is 36.6 Å². The molecule has 0 fully saturated rings. The molecule has 1 amide bonds. The van der Waals surface area contributed by atoms with Crippen molar-refractivity contribution in [2.45, 2.75) is 39.2 Å². The first kappa shape index (κ1) is 27.3. The standard InChI is InChI=1S/C30H33ClN3O4/c1-20(17-22-13-14-26(37-3)30(38-4)29(22)31)12-15-28(35)32-19-23-24(34-16-8-7-11-27(34)33-23)18-21-9-5-6-10-25(21)36-2/h5-11,13-14,16,20H,12,15,17-19H2,1-4H3. The predicted octanol–water partition coefficient (Wildman–Crippen LogP) is 5.89. The number of methoxy groups -OCH3 is 3. The molecule has 199 valence electrons. The van der Waals surface area contributed by atoms with Crippen LogP contribution >= 0.6 is 11.6 Å². The Kier molecular flexibility index (Phi) is 9.13. The number of hydrogen-bond donors (Lipinski definition) is 0. The van der Waals surface area contributed by atoms with Crippen LogP contribution < -0.4 is 19.5 Å². The summed E-state index contributed by atoms with van der Waals surface area (Å²) in [7, 11) is 4.82. The third-order valence-electron chi connectivity index (χ3n) is 6.65. The highest BCUT2D eigenvalue weighted by molar-refractivity contribution is 6.33. The Morgan fingerprint density at radius 3 is 2.50 bits per heavy atom. The molecular formula is C30H33ClN3O4. The maximum absolute atomic E-state index is 12.7. The number of nitrogens with zero attached hydrogens (tertiary/aromatic N) is 3. The fourth-order valence-corrected chi connectivity index (χ4v) is 4.93. The largest absolute Gasteiger partial charge is 0.496 e. The number of rotatable bonds is 12. The zero-order valence-electron chi connectivity index (χ0n) is 22.2. The second-order valence-corrected chi connectivity index (χ2v) is 9.63. The maximum atomic E-state index is 12.7. The molecule has 2 heterocycles. The molecule has 8 heteroatoms. The van der Waals surface area contributed by atoms with Crippen LogP contribution in [0, 0.1) is 5.92 Å². The molecule has 0 bridgehead atoms. The number of para-hydroxylation sites is 1. The van der Waals surface area contributed by atoms with Crippen LogP contribution in [0.3, 0.4) is 0 Å². The highest BCUT2D eigenvalue weighted by Gasteiger charge is 2.18. The fourth-order valence-electron chi connectivity index (χ4n) is 4.62. The number of carbonyl (C=O) groups is 1. The Hall–Kier alpha value is -3.71. The number of pyridine rings is 1. The molecule has 0 N–H and O–H groups in total. The van der Waals surface area contributed by atoms with Gasteiger partial charge < -0.3 is 18.6 Å². The number of benzene rings is 2. The highest BCUT2D eigenvalue weighted by Crippen LogP contribution is 2.38. The number of imidazole rings is 1. The first-order valence-electron chi connectivity index (χ1n) is 12.6. The molecule has 2 aromatic heterocycles. The van der Waals surface area contributed by atoms with E-state index in [4.69, 9.17) is 30.8 Å². The fraction of sp³-hybridized carbons (Fsp3) is 0.333. The summed E-state index contributed by atoms with van der Waals surface area (Å²) in [6.07, 6.45) is 4.40. The third kappa shape index (κ3) is 6.22. The second-order valence-electron chi connectivity index (χ2n) is 9.25. The van der Waals surface area contributed by atoms with Gasteiger partial charge >= 0.3 is 0 Å². The molecule has 0 aliphatic heterocycles. The molecule has 0 saturated heterocycles. The van der Waals surface area contributed by atoms with Gasteiger partial charge in [0.1, 0.15) is 11.4 Å². The lowest BCUT2D eigenvalue weighted by Gasteiger charge is -2.16. The maximum Gasteiger partial charge on any atom is 0.241 e. The van der Waals surface area contributed by atoms with Crippen molar-refractivity contribution in [3.8, 4) is 17.2 Å². The van der Waals surface area contributed by atoms with Crippen molar-refractivity contribution in [1.29, 1.82) is 0 Å². The van der Waals surface area contributed by atoms with Crippen molar-refractivity contribution < 1.29 is 19.0 Å². The van der Waals surface area contributed by atoms with Crippen LogP contribution in [0.4, 0.5) is 0 Å². The van der Waals surface area contributed by atoms with E-state index in [0.717, 1.165) is 40.3 Å². The van der Waals surface area contributed by atoms with Gasteiger partial charge in [0.25, 0.3) is 0 Å². The van der Waals surface area contributed by atoms with Crippen LogP contribution in [0.2, 0.25) is 5.02 Å². The van der Waals surface area contributed by atoms with Crippen molar-refractivity contribution in [2.75, 3.05) is 21.3 Å². The summed E-state index contributed by atoms with van der Waals surface area (Å²) < 4.78 is 18.3. The van der Waals surface area contributed by atoms with Gasteiger partial charge in [0.2, 0.25) is 5.91 Å². The van der Waals surface area contributed by atoms with E-state index in [-0.39, 0.29) is 18.4 Å². The molecule has 0 saturated carbocycles. The topological polar surface area (TPSA) is 76.2 Å². The summed E-state index contributed by atoms with van der Waals surface area (Å²) in [5.41, 5.74) is 4.64. The summed E-state index contributed by atoms with van der Waals surface area (Å²) in [5.74, 6) is 2.05. The average Bonchev–Trinajstić information content (AvgIpc) is 3.29. The molecule has 1 radical (unpaired) electrons. The van der Waals surface area contributed by atoms with Crippen molar-refractivity contribution >= 4 is 23.2 Å². The normalized spacial score (nSPS) is 11.8. The van der Waals surface area contributed by atoms with E-state index in [0.29, 0.717) is 35.8 Å². The Morgan fingerprint density at radius 1 is 0.974 bits per heavy atom. The Balaban J connectivity index is 1.39. The minimum absolute atomic E-state index is 0.129. The summed E-state index contributed by atoms with van der Waals surface area (Å²) >= 11 is 6.54. The van der Waals surface area contributed by atoms with Gasteiger partial charge in [-0.15, -0.1) is 0 Å². The van der Waals surface area contributed by atoms with Gasteiger partial charge in [0.05, 0.1) is 44.3 Å². The molecule has 4 aromatic rings. The van der Waals surface area contributed by atoms with E-state index < -0.39 is 0 Å². The first-order chi connectivity index (χ1) is 18.4. The Bertz CT molecular complexity index is 1400. The SMILES string of the molecule is COc1ccccc1Cc1c(C[N]C(=O)CCC(C)Cc2ccc(OC)c(OC)c2Cl)nc2ccccn12. The first-order valence-corrected chi connectivity index (χ1v) is 13.0. The van der Waals surface area contributed by atoms with Crippen LogP contribution in [0.1, 0.15) is 42.3 Å². The average molecular weight is 535 g/mol. The number of ether oxygens (including phenoxy) is 3. The van der Waals surface area contributed by atoms with Crippen molar-refractivity contribution in [3.05, 3.63) is 88.3 Å². The molecule has 38 heavy (non-hydrogen) atoms. The van der Waals surface area contributed by atoms with E-state index in [1.165, 1.54) is 0 Å². The van der Waals surface area contributed by atoms with E-state index in [2.05, 4.69) is 16.6 Å². The smallest absolute Gasteiger partial charge is 0.241 e. The molecule has 1 unspecified atom stereocenters. The summed E-state index contributed by atoms with van der Waals surface area (Å²) in [4.78, 5) is 17.5.